The minimum atomic E-state index is -4.07. The van der Waals surface area contributed by atoms with Crippen molar-refractivity contribution in [2.75, 3.05) is 18.0 Å². The van der Waals surface area contributed by atoms with Crippen LogP contribution >= 0.6 is 11.3 Å². The second kappa shape index (κ2) is 5.89. The van der Waals surface area contributed by atoms with E-state index in [1.54, 1.807) is 0 Å². The van der Waals surface area contributed by atoms with E-state index < -0.39 is 12.1 Å². The summed E-state index contributed by atoms with van der Waals surface area (Å²) in [5.41, 5.74) is 6.69. The molecule has 3 nitrogen and oxygen atoms in total. The van der Waals surface area contributed by atoms with Crippen molar-refractivity contribution in [3.63, 3.8) is 0 Å². The van der Waals surface area contributed by atoms with Gasteiger partial charge in [-0.15, -0.1) is 11.3 Å². The highest BCUT2D eigenvalue weighted by molar-refractivity contribution is 7.15. The number of nitrogens with two attached hydrogens (primary N) is 1. The van der Waals surface area contributed by atoms with E-state index in [4.69, 9.17) is 5.73 Å². The Bertz CT molecular complexity index is 448. The second-order valence-corrected chi connectivity index (χ2v) is 6.53. The minimum absolute atomic E-state index is 0.151. The molecule has 2 heterocycles. The molecule has 1 aliphatic heterocycles. The van der Waals surface area contributed by atoms with E-state index in [-0.39, 0.29) is 18.8 Å². The summed E-state index contributed by atoms with van der Waals surface area (Å²) in [4.78, 5) is 7.57. The van der Waals surface area contributed by atoms with Crippen molar-refractivity contribution < 1.29 is 13.2 Å². The lowest BCUT2D eigenvalue weighted by Gasteiger charge is -2.32. The number of hydrogen-bond acceptors (Lipinski definition) is 4. The van der Waals surface area contributed by atoms with E-state index in [1.165, 1.54) is 11.3 Å². The maximum atomic E-state index is 12.7. The van der Waals surface area contributed by atoms with Crippen LogP contribution in [0.5, 0.6) is 0 Å². The predicted molar refractivity (Wildman–Crippen MR) is 75.1 cm³/mol. The average molecular weight is 307 g/mol. The molecule has 0 aromatic carbocycles. The Labute approximate surface area is 121 Å². The summed E-state index contributed by atoms with van der Waals surface area (Å²) < 4.78 is 38.0. The van der Waals surface area contributed by atoms with Gasteiger partial charge in [-0.25, -0.2) is 4.98 Å². The normalized spacial score (nSPS) is 18.1. The molecule has 0 bridgehead atoms. The van der Waals surface area contributed by atoms with E-state index in [2.05, 4.69) is 4.98 Å². The van der Waals surface area contributed by atoms with Crippen LogP contribution in [0.25, 0.3) is 0 Å². The average Bonchev–Trinajstić information content (AvgIpc) is 2.82. The first-order chi connectivity index (χ1) is 9.32. The number of aromatic nitrogens is 1. The van der Waals surface area contributed by atoms with Crippen LogP contribution in [-0.4, -0.2) is 24.2 Å². The molecule has 1 aromatic rings. The number of alkyl halides is 3. The molecule has 0 spiro atoms. The van der Waals surface area contributed by atoms with Gasteiger partial charge in [-0.2, -0.15) is 13.2 Å². The number of rotatable bonds is 3. The van der Waals surface area contributed by atoms with Crippen LogP contribution in [0.4, 0.5) is 18.3 Å². The zero-order chi connectivity index (χ0) is 14.9. The molecule has 20 heavy (non-hydrogen) atoms. The van der Waals surface area contributed by atoms with Crippen LogP contribution < -0.4 is 10.6 Å². The molecule has 0 atom stereocenters. The van der Waals surface area contributed by atoms with Crippen molar-refractivity contribution in [2.45, 2.75) is 45.3 Å². The summed E-state index contributed by atoms with van der Waals surface area (Å²) in [5, 5.41) is 0.815. The van der Waals surface area contributed by atoms with Crippen molar-refractivity contribution in [3.8, 4) is 0 Å². The van der Waals surface area contributed by atoms with Crippen LogP contribution in [0.15, 0.2) is 0 Å². The van der Waals surface area contributed by atoms with Gasteiger partial charge in [0.1, 0.15) is 0 Å². The smallest absolute Gasteiger partial charge is 0.348 e. The van der Waals surface area contributed by atoms with Crippen LogP contribution in [0.2, 0.25) is 0 Å². The maximum absolute atomic E-state index is 12.7. The highest BCUT2D eigenvalue weighted by Crippen LogP contribution is 2.37. The van der Waals surface area contributed by atoms with Gasteiger partial charge in [0.25, 0.3) is 0 Å². The third-order valence-corrected chi connectivity index (χ3v) is 4.83. The Morgan fingerprint density at radius 2 is 1.95 bits per heavy atom. The Balaban J connectivity index is 2.07. The third-order valence-electron chi connectivity index (χ3n) is 3.68. The predicted octanol–water partition coefficient (Wildman–Crippen LogP) is 3.50. The van der Waals surface area contributed by atoms with Gasteiger partial charge in [0, 0.05) is 24.5 Å². The number of nitrogens with zero attached hydrogens (tertiary/aromatic N) is 2. The lowest BCUT2D eigenvalue weighted by Crippen LogP contribution is -2.38. The fourth-order valence-corrected chi connectivity index (χ4v) is 3.63. The molecule has 0 aliphatic carbocycles. The summed E-state index contributed by atoms with van der Waals surface area (Å²) >= 11 is 1.51. The first kappa shape index (κ1) is 15.6. The fraction of sp³-hybridized carbons (Fsp3) is 0.769. The van der Waals surface area contributed by atoms with Gasteiger partial charge in [-0.3, -0.25) is 0 Å². The van der Waals surface area contributed by atoms with E-state index in [0.29, 0.717) is 19.6 Å². The number of thiazole rings is 1. The van der Waals surface area contributed by atoms with Gasteiger partial charge >= 0.3 is 6.18 Å². The van der Waals surface area contributed by atoms with Gasteiger partial charge in [0.05, 0.1) is 11.6 Å². The van der Waals surface area contributed by atoms with Gasteiger partial charge < -0.3 is 10.6 Å². The molecule has 114 valence electrons. The minimum Gasteiger partial charge on any atom is -0.348 e. The Morgan fingerprint density at radius 1 is 1.35 bits per heavy atom. The topological polar surface area (TPSA) is 42.2 Å². The Morgan fingerprint density at radius 3 is 2.35 bits per heavy atom. The van der Waals surface area contributed by atoms with Crippen LogP contribution in [0.3, 0.4) is 0 Å². The van der Waals surface area contributed by atoms with Crippen LogP contribution in [-0.2, 0) is 6.54 Å². The number of halogens is 3. The molecule has 0 radical (unpaired) electrons. The lowest BCUT2D eigenvalue weighted by atomic mass is 9.97. The number of anilines is 1. The van der Waals surface area contributed by atoms with Gasteiger partial charge in [-0.05, 0) is 18.8 Å². The molecule has 7 heteroatoms. The third kappa shape index (κ3) is 3.25. The maximum Gasteiger partial charge on any atom is 0.391 e. The second-order valence-electron chi connectivity index (χ2n) is 5.47. The van der Waals surface area contributed by atoms with Crippen molar-refractivity contribution >= 4 is 16.5 Å². The molecule has 1 saturated heterocycles. The lowest BCUT2D eigenvalue weighted by molar-refractivity contribution is -0.179. The highest BCUT2D eigenvalue weighted by Gasteiger charge is 2.41. The summed E-state index contributed by atoms with van der Waals surface area (Å²) in [7, 11) is 0. The van der Waals surface area contributed by atoms with E-state index in [9.17, 15) is 13.2 Å². The zero-order valence-corrected chi connectivity index (χ0v) is 12.5. The van der Waals surface area contributed by atoms with Crippen LogP contribution in [0, 0.1) is 5.92 Å². The van der Waals surface area contributed by atoms with E-state index in [0.717, 1.165) is 15.7 Å². The molecule has 0 unspecified atom stereocenters. The molecule has 1 fully saturated rings. The largest absolute Gasteiger partial charge is 0.391 e. The van der Waals surface area contributed by atoms with E-state index >= 15 is 0 Å². The molecule has 2 N–H and O–H groups in total. The quantitative estimate of drug-likeness (QED) is 0.929. The number of hydrogen-bond donors (Lipinski definition) is 1. The summed E-state index contributed by atoms with van der Waals surface area (Å²) in [6, 6.07) is 0. The highest BCUT2D eigenvalue weighted by atomic mass is 32.1. The van der Waals surface area contributed by atoms with Gasteiger partial charge in [0.15, 0.2) is 5.13 Å². The molecular weight excluding hydrogens is 287 g/mol. The number of piperidine rings is 1. The zero-order valence-electron chi connectivity index (χ0n) is 11.7. The standard InChI is InChI=1S/C13H20F3N3S/c1-8(2)11-10(7-17)20-12(18-11)19-5-3-9(4-6-19)13(14,15)16/h8-9H,3-7,17H2,1-2H3. The monoisotopic (exact) mass is 307 g/mol. The van der Waals surface area contributed by atoms with Crippen molar-refractivity contribution in [3.05, 3.63) is 10.6 Å². The molecule has 0 saturated carbocycles. The Kier molecular flexibility index (Phi) is 4.59. The molecule has 2 rings (SSSR count). The van der Waals surface area contributed by atoms with Crippen molar-refractivity contribution in [2.24, 2.45) is 11.7 Å². The van der Waals surface area contributed by atoms with Gasteiger partial charge in [-0.1, -0.05) is 13.8 Å². The molecule has 0 amide bonds. The first-order valence-electron chi connectivity index (χ1n) is 6.84. The summed E-state index contributed by atoms with van der Waals surface area (Å²) in [6.45, 7) is 5.37. The molecule has 1 aliphatic rings. The Hall–Kier alpha value is -0.820. The fourth-order valence-electron chi connectivity index (χ4n) is 2.48. The van der Waals surface area contributed by atoms with Crippen LogP contribution in [0.1, 0.15) is 43.2 Å². The van der Waals surface area contributed by atoms with Crippen molar-refractivity contribution in [1.82, 2.24) is 4.98 Å². The first-order valence-corrected chi connectivity index (χ1v) is 7.66. The SMILES string of the molecule is CC(C)c1nc(N2CCC(C(F)(F)F)CC2)sc1CN. The van der Waals surface area contributed by atoms with Crippen molar-refractivity contribution in [1.29, 1.82) is 0 Å². The summed E-state index contributed by atoms with van der Waals surface area (Å²) in [6.07, 6.45) is -3.77. The molecular formula is C13H20F3N3S. The van der Waals surface area contributed by atoms with Gasteiger partial charge in [0.2, 0.25) is 0 Å². The molecule has 1 aromatic heterocycles. The van der Waals surface area contributed by atoms with E-state index in [1.807, 2.05) is 18.7 Å². The summed E-state index contributed by atoms with van der Waals surface area (Å²) in [5.74, 6) is -0.886.